The van der Waals surface area contributed by atoms with Gasteiger partial charge in [0.25, 0.3) is 11.5 Å². The van der Waals surface area contributed by atoms with E-state index in [1.807, 2.05) is 56.3 Å². The lowest BCUT2D eigenvalue weighted by Crippen LogP contribution is -2.32. The minimum atomic E-state index is -0.515. The Labute approximate surface area is 163 Å². The molecule has 0 bridgehead atoms. The van der Waals surface area contributed by atoms with E-state index >= 15 is 0 Å². The number of nitrogens with zero attached hydrogens (tertiary/aromatic N) is 1. The molecular formula is C22H22N2O4. The van der Waals surface area contributed by atoms with Crippen molar-refractivity contribution in [1.82, 2.24) is 4.73 Å². The number of hydrogen-bond donors (Lipinski definition) is 1. The average Bonchev–Trinajstić information content (AvgIpc) is 2.71. The third-order valence-corrected chi connectivity index (χ3v) is 4.54. The van der Waals surface area contributed by atoms with E-state index in [0.29, 0.717) is 5.69 Å². The van der Waals surface area contributed by atoms with Crippen LogP contribution >= 0.6 is 0 Å². The van der Waals surface area contributed by atoms with Crippen LogP contribution in [-0.2, 0) is 6.61 Å². The molecule has 1 aromatic heterocycles. The molecular weight excluding hydrogens is 356 g/mol. The molecule has 28 heavy (non-hydrogen) atoms. The van der Waals surface area contributed by atoms with Gasteiger partial charge in [0, 0.05) is 11.9 Å². The normalized spacial score (nSPS) is 10.4. The number of carbonyl (C=O) groups excluding carboxylic acids is 1. The van der Waals surface area contributed by atoms with Crippen molar-refractivity contribution < 1.29 is 14.4 Å². The summed E-state index contributed by atoms with van der Waals surface area (Å²) in [6.07, 6.45) is 1.49. The fourth-order valence-electron chi connectivity index (χ4n) is 2.69. The Kier molecular flexibility index (Phi) is 5.79. The summed E-state index contributed by atoms with van der Waals surface area (Å²) in [4.78, 5) is 30.8. The lowest BCUT2D eigenvalue weighted by Gasteiger charge is -2.12. The second-order valence-corrected chi connectivity index (χ2v) is 6.38. The predicted molar refractivity (Wildman–Crippen MR) is 108 cm³/mol. The monoisotopic (exact) mass is 378 g/mol. The Balaban J connectivity index is 1.75. The Morgan fingerprint density at radius 3 is 2.50 bits per heavy atom. The van der Waals surface area contributed by atoms with Gasteiger partial charge in [0.15, 0.2) is 0 Å². The van der Waals surface area contributed by atoms with Crippen LogP contribution in [0.5, 0.6) is 5.75 Å². The van der Waals surface area contributed by atoms with Crippen molar-refractivity contribution in [3.63, 3.8) is 0 Å². The van der Waals surface area contributed by atoms with Crippen LogP contribution in [0.15, 0.2) is 65.6 Å². The zero-order valence-electron chi connectivity index (χ0n) is 16.1. The largest absolute Gasteiger partial charge is 0.497 e. The Hall–Kier alpha value is -3.54. The highest BCUT2D eigenvalue weighted by molar-refractivity contribution is 6.04. The second kappa shape index (κ2) is 8.43. The van der Waals surface area contributed by atoms with Crippen molar-refractivity contribution in [2.75, 3.05) is 12.4 Å². The van der Waals surface area contributed by atoms with E-state index < -0.39 is 11.5 Å². The van der Waals surface area contributed by atoms with Crippen molar-refractivity contribution in [1.29, 1.82) is 0 Å². The topological polar surface area (TPSA) is 69.6 Å². The van der Waals surface area contributed by atoms with Crippen molar-refractivity contribution in [2.45, 2.75) is 20.5 Å². The van der Waals surface area contributed by atoms with Crippen LogP contribution in [0.4, 0.5) is 5.69 Å². The zero-order valence-corrected chi connectivity index (χ0v) is 16.1. The summed E-state index contributed by atoms with van der Waals surface area (Å²) in [6.45, 7) is 4.08. The molecule has 3 rings (SSSR count). The van der Waals surface area contributed by atoms with Gasteiger partial charge in [-0.3, -0.25) is 9.59 Å². The van der Waals surface area contributed by atoms with Crippen LogP contribution in [0.1, 0.15) is 27.0 Å². The molecule has 1 amide bonds. The van der Waals surface area contributed by atoms with Crippen LogP contribution in [0, 0.1) is 13.8 Å². The summed E-state index contributed by atoms with van der Waals surface area (Å²) in [5, 5.41) is 2.80. The van der Waals surface area contributed by atoms with E-state index in [2.05, 4.69) is 5.32 Å². The minimum Gasteiger partial charge on any atom is -0.497 e. The number of amides is 1. The number of ether oxygens (including phenoxy) is 1. The highest BCUT2D eigenvalue weighted by Crippen LogP contribution is 2.18. The fraction of sp³-hybridized carbons (Fsp3) is 0.182. The summed E-state index contributed by atoms with van der Waals surface area (Å²) in [7, 11) is 1.60. The molecule has 0 fully saturated rings. The molecule has 6 nitrogen and oxygen atoms in total. The molecule has 0 saturated carbocycles. The maximum absolute atomic E-state index is 12.6. The van der Waals surface area contributed by atoms with E-state index in [0.717, 1.165) is 27.2 Å². The minimum absolute atomic E-state index is 0.0122. The smallest absolute Gasteiger partial charge is 0.295 e. The maximum atomic E-state index is 12.6. The molecule has 0 radical (unpaired) electrons. The fourth-order valence-corrected chi connectivity index (χ4v) is 2.69. The van der Waals surface area contributed by atoms with Crippen molar-refractivity contribution in [3.8, 4) is 5.75 Å². The first-order valence-electron chi connectivity index (χ1n) is 8.85. The standard InChI is InChI=1S/C22H22N2O4/c1-15-6-4-8-20(16(15)2)23-21(25)19-7-5-13-24(22(19)26)28-14-17-9-11-18(27-3)12-10-17/h4-13H,14H2,1-3H3,(H,23,25). The van der Waals surface area contributed by atoms with Crippen LogP contribution < -0.4 is 20.5 Å². The van der Waals surface area contributed by atoms with Crippen molar-refractivity contribution >= 4 is 11.6 Å². The molecule has 1 heterocycles. The molecule has 144 valence electrons. The van der Waals surface area contributed by atoms with E-state index in [1.54, 1.807) is 13.2 Å². The SMILES string of the molecule is COc1ccc(COn2cccc(C(=O)Nc3cccc(C)c3C)c2=O)cc1. The molecule has 0 aliphatic heterocycles. The van der Waals surface area contributed by atoms with Crippen LogP contribution in [0.2, 0.25) is 0 Å². The quantitative estimate of drug-likeness (QED) is 0.714. The number of aromatic nitrogens is 1. The lowest BCUT2D eigenvalue weighted by atomic mass is 10.1. The molecule has 1 N–H and O–H groups in total. The van der Waals surface area contributed by atoms with Crippen LogP contribution in [0.25, 0.3) is 0 Å². The third kappa shape index (κ3) is 4.23. The zero-order chi connectivity index (χ0) is 20.1. The maximum Gasteiger partial charge on any atom is 0.295 e. The van der Waals surface area contributed by atoms with Crippen molar-refractivity contribution in [3.05, 3.63) is 93.4 Å². The molecule has 2 aromatic carbocycles. The van der Waals surface area contributed by atoms with E-state index in [-0.39, 0.29) is 12.2 Å². The number of pyridine rings is 1. The van der Waals surface area contributed by atoms with Gasteiger partial charge in [-0.25, -0.2) is 0 Å². The number of hydrogen-bond acceptors (Lipinski definition) is 4. The first-order valence-corrected chi connectivity index (χ1v) is 8.85. The summed E-state index contributed by atoms with van der Waals surface area (Å²) in [5.41, 5.74) is 3.07. The summed E-state index contributed by atoms with van der Waals surface area (Å²) in [6, 6.07) is 16.0. The lowest BCUT2D eigenvalue weighted by molar-refractivity contribution is 0.0863. The first kappa shape index (κ1) is 19.2. The van der Waals surface area contributed by atoms with Gasteiger partial charge in [-0.2, -0.15) is 4.73 Å². The number of benzene rings is 2. The van der Waals surface area contributed by atoms with Gasteiger partial charge in [-0.05, 0) is 60.9 Å². The number of methoxy groups -OCH3 is 1. The van der Waals surface area contributed by atoms with E-state index in [4.69, 9.17) is 9.57 Å². The Bertz CT molecular complexity index is 1040. The van der Waals surface area contributed by atoms with Gasteiger partial charge >= 0.3 is 0 Å². The number of rotatable bonds is 6. The van der Waals surface area contributed by atoms with Gasteiger partial charge in [-0.15, -0.1) is 0 Å². The molecule has 0 saturated heterocycles. The molecule has 0 spiro atoms. The average molecular weight is 378 g/mol. The van der Waals surface area contributed by atoms with Gasteiger partial charge in [0.05, 0.1) is 7.11 Å². The highest BCUT2D eigenvalue weighted by atomic mass is 16.7. The summed E-state index contributed by atoms with van der Waals surface area (Å²) < 4.78 is 6.19. The van der Waals surface area contributed by atoms with Crippen molar-refractivity contribution in [2.24, 2.45) is 0 Å². The predicted octanol–water partition coefficient (Wildman–Crippen LogP) is 3.35. The molecule has 3 aromatic rings. The Morgan fingerprint density at radius 2 is 1.79 bits per heavy atom. The Morgan fingerprint density at radius 1 is 1.04 bits per heavy atom. The highest BCUT2D eigenvalue weighted by Gasteiger charge is 2.14. The van der Waals surface area contributed by atoms with Crippen LogP contribution in [-0.4, -0.2) is 17.7 Å². The van der Waals surface area contributed by atoms with Gasteiger partial charge in [0.1, 0.15) is 17.9 Å². The summed E-state index contributed by atoms with van der Waals surface area (Å²) in [5.74, 6) is 0.270. The number of anilines is 1. The molecule has 0 aliphatic rings. The van der Waals surface area contributed by atoms with E-state index in [9.17, 15) is 9.59 Å². The van der Waals surface area contributed by atoms with Crippen LogP contribution in [0.3, 0.4) is 0 Å². The number of aryl methyl sites for hydroxylation is 1. The molecule has 0 unspecified atom stereocenters. The van der Waals surface area contributed by atoms with E-state index in [1.165, 1.54) is 12.3 Å². The third-order valence-electron chi connectivity index (χ3n) is 4.54. The molecule has 6 heteroatoms. The van der Waals surface area contributed by atoms with Gasteiger partial charge < -0.3 is 14.9 Å². The summed E-state index contributed by atoms with van der Waals surface area (Å²) >= 11 is 0. The second-order valence-electron chi connectivity index (χ2n) is 6.38. The van der Waals surface area contributed by atoms with Gasteiger partial charge in [0.2, 0.25) is 0 Å². The number of carbonyl (C=O) groups is 1. The number of nitrogens with one attached hydrogen (secondary N) is 1. The first-order chi connectivity index (χ1) is 13.5. The molecule has 0 atom stereocenters. The van der Waals surface area contributed by atoms with Gasteiger partial charge in [-0.1, -0.05) is 24.3 Å². The molecule has 0 aliphatic carbocycles.